The van der Waals surface area contributed by atoms with E-state index in [0.29, 0.717) is 30.0 Å². The molecule has 6 heteroatoms. The van der Waals surface area contributed by atoms with Crippen molar-refractivity contribution in [2.45, 2.75) is 24.7 Å². The predicted molar refractivity (Wildman–Crippen MR) is 67.7 cm³/mol. The first-order valence-electron chi connectivity index (χ1n) is 5.34. The van der Waals surface area contributed by atoms with Crippen LogP contribution in [0.3, 0.4) is 0 Å². The fourth-order valence-corrected chi connectivity index (χ4v) is 2.96. The molecule has 1 aromatic rings. The van der Waals surface area contributed by atoms with Crippen LogP contribution in [0, 0.1) is 6.92 Å². The molecule has 0 unspecified atom stereocenters. The van der Waals surface area contributed by atoms with E-state index in [4.69, 9.17) is 16.7 Å². The van der Waals surface area contributed by atoms with E-state index >= 15 is 0 Å². The maximum absolute atomic E-state index is 11.9. The van der Waals surface area contributed by atoms with Crippen LogP contribution in [0.5, 0.6) is 0 Å². The summed E-state index contributed by atoms with van der Waals surface area (Å²) in [6.07, 6.45) is 1.20. The Labute approximate surface area is 107 Å². The third-order valence-corrected chi connectivity index (χ3v) is 4.16. The van der Waals surface area contributed by atoms with E-state index in [0.717, 1.165) is 0 Å². The Morgan fingerprint density at radius 3 is 2.65 bits per heavy atom. The van der Waals surface area contributed by atoms with E-state index in [-0.39, 0.29) is 11.5 Å². The smallest absolute Gasteiger partial charge is 0.240 e. The van der Waals surface area contributed by atoms with Crippen LogP contribution in [-0.4, -0.2) is 26.7 Å². The van der Waals surface area contributed by atoms with Gasteiger partial charge in [0.25, 0.3) is 0 Å². The van der Waals surface area contributed by atoms with Gasteiger partial charge in [-0.25, -0.2) is 13.1 Å². The lowest BCUT2D eigenvalue weighted by Gasteiger charge is -2.09. The molecule has 96 valence electrons. The van der Waals surface area contributed by atoms with Crippen LogP contribution in [-0.2, 0) is 10.0 Å². The highest BCUT2D eigenvalue weighted by atomic mass is 35.5. The van der Waals surface area contributed by atoms with Crippen LogP contribution in [0.15, 0.2) is 23.1 Å². The second kappa shape index (κ2) is 6.35. The number of hydrogen-bond acceptors (Lipinski definition) is 3. The molecule has 0 amide bonds. The minimum atomic E-state index is -3.48. The molecular formula is C11H16ClNO3S. The SMILES string of the molecule is Cc1cc(Cl)ccc1S(=O)(=O)NCCCCO. The molecule has 0 radical (unpaired) electrons. The number of nitrogens with one attached hydrogen (secondary N) is 1. The Morgan fingerprint density at radius 2 is 2.06 bits per heavy atom. The molecule has 1 rings (SSSR count). The lowest BCUT2D eigenvalue weighted by molar-refractivity contribution is 0.285. The summed E-state index contributed by atoms with van der Waals surface area (Å²) >= 11 is 5.77. The molecule has 0 bridgehead atoms. The number of aliphatic hydroxyl groups excluding tert-OH is 1. The minimum absolute atomic E-state index is 0.0711. The van der Waals surface area contributed by atoms with Crippen LogP contribution in [0.1, 0.15) is 18.4 Å². The summed E-state index contributed by atoms with van der Waals surface area (Å²) in [5, 5.41) is 9.11. The molecule has 0 saturated carbocycles. The largest absolute Gasteiger partial charge is 0.396 e. The van der Waals surface area contributed by atoms with Gasteiger partial charge in [-0.15, -0.1) is 0 Å². The number of aliphatic hydroxyl groups is 1. The summed E-state index contributed by atoms with van der Waals surface area (Å²) in [5.74, 6) is 0. The number of sulfonamides is 1. The Morgan fingerprint density at radius 1 is 1.35 bits per heavy atom. The zero-order chi connectivity index (χ0) is 12.9. The molecule has 0 saturated heterocycles. The van der Waals surface area contributed by atoms with Crippen molar-refractivity contribution in [3.8, 4) is 0 Å². The van der Waals surface area contributed by atoms with Gasteiger partial charge in [-0.3, -0.25) is 0 Å². The Hall–Kier alpha value is -0.620. The third-order valence-electron chi connectivity index (χ3n) is 2.30. The van der Waals surface area contributed by atoms with Crippen LogP contribution < -0.4 is 4.72 Å². The molecule has 4 nitrogen and oxygen atoms in total. The zero-order valence-corrected chi connectivity index (χ0v) is 11.2. The zero-order valence-electron chi connectivity index (χ0n) is 9.61. The maximum Gasteiger partial charge on any atom is 0.240 e. The van der Waals surface area contributed by atoms with Crippen molar-refractivity contribution >= 4 is 21.6 Å². The molecule has 2 N–H and O–H groups in total. The lowest BCUT2D eigenvalue weighted by atomic mass is 10.2. The average molecular weight is 278 g/mol. The van der Waals surface area contributed by atoms with E-state index in [1.807, 2.05) is 0 Å². The standard InChI is InChI=1S/C11H16ClNO3S/c1-9-8-10(12)4-5-11(9)17(15,16)13-6-2-3-7-14/h4-5,8,13-14H,2-3,6-7H2,1H3. The topological polar surface area (TPSA) is 66.4 Å². The number of hydrogen-bond donors (Lipinski definition) is 2. The molecule has 0 atom stereocenters. The van der Waals surface area contributed by atoms with Crippen LogP contribution >= 0.6 is 11.6 Å². The highest BCUT2D eigenvalue weighted by Gasteiger charge is 2.15. The molecule has 0 heterocycles. The lowest BCUT2D eigenvalue weighted by Crippen LogP contribution is -2.25. The van der Waals surface area contributed by atoms with Gasteiger partial charge in [-0.05, 0) is 43.5 Å². The second-order valence-corrected chi connectivity index (χ2v) is 5.91. The van der Waals surface area contributed by atoms with E-state index in [2.05, 4.69) is 4.72 Å². The molecule has 1 aromatic carbocycles. The first kappa shape index (κ1) is 14.4. The summed E-state index contributed by atoms with van der Waals surface area (Å²) in [6.45, 7) is 2.10. The number of unbranched alkanes of at least 4 members (excludes halogenated alkanes) is 1. The molecule has 0 fully saturated rings. The van der Waals surface area contributed by atoms with Crippen molar-refractivity contribution < 1.29 is 13.5 Å². The number of aryl methyl sites for hydroxylation is 1. The second-order valence-electron chi connectivity index (χ2n) is 3.74. The summed E-state index contributed by atoms with van der Waals surface area (Å²) in [6, 6.07) is 4.66. The van der Waals surface area contributed by atoms with Crippen molar-refractivity contribution in [1.29, 1.82) is 0 Å². The molecule has 0 aromatic heterocycles. The summed E-state index contributed by atoms with van der Waals surface area (Å²) in [5.41, 5.74) is 0.618. The highest BCUT2D eigenvalue weighted by Crippen LogP contribution is 2.19. The van der Waals surface area contributed by atoms with Gasteiger partial charge in [0.05, 0.1) is 4.90 Å². The van der Waals surface area contributed by atoms with Gasteiger partial charge < -0.3 is 5.11 Å². The van der Waals surface area contributed by atoms with Gasteiger partial charge in [-0.1, -0.05) is 11.6 Å². The van der Waals surface area contributed by atoms with Gasteiger partial charge in [0, 0.05) is 18.2 Å². The average Bonchev–Trinajstić information content (AvgIpc) is 2.24. The number of halogens is 1. The van der Waals surface area contributed by atoms with E-state index in [9.17, 15) is 8.42 Å². The quantitative estimate of drug-likeness (QED) is 0.778. The molecule has 0 aliphatic carbocycles. The Kier molecular flexibility index (Phi) is 5.39. The fraction of sp³-hybridized carbons (Fsp3) is 0.455. The van der Waals surface area contributed by atoms with Gasteiger partial charge in [0.1, 0.15) is 0 Å². The number of benzene rings is 1. The fourth-order valence-electron chi connectivity index (χ4n) is 1.44. The summed E-state index contributed by atoms with van der Waals surface area (Å²) in [7, 11) is -3.48. The molecular weight excluding hydrogens is 262 g/mol. The van der Waals surface area contributed by atoms with Crippen molar-refractivity contribution in [2.75, 3.05) is 13.2 Å². The van der Waals surface area contributed by atoms with Crippen LogP contribution in [0.4, 0.5) is 0 Å². The van der Waals surface area contributed by atoms with E-state index in [1.54, 1.807) is 19.1 Å². The van der Waals surface area contributed by atoms with E-state index < -0.39 is 10.0 Å². The van der Waals surface area contributed by atoms with Crippen molar-refractivity contribution in [1.82, 2.24) is 4.72 Å². The monoisotopic (exact) mass is 277 g/mol. The van der Waals surface area contributed by atoms with Gasteiger partial charge in [0.2, 0.25) is 10.0 Å². The summed E-state index contributed by atoms with van der Waals surface area (Å²) < 4.78 is 26.3. The summed E-state index contributed by atoms with van der Waals surface area (Å²) in [4.78, 5) is 0.242. The Bertz CT molecular complexity index is 474. The Balaban J connectivity index is 2.76. The van der Waals surface area contributed by atoms with Crippen molar-refractivity contribution in [3.05, 3.63) is 28.8 Å². The maximum atomic E-state index is 11.9. The normalized spacial score (nSPS) is 11.7. The van der Waals surface area contributed by atoms with E-state index in [1.165, 1.54) is 6.07 Å². The molecule has 0 aliphatic rings. The first-order chi connectivity index (χ1) is 7.97. The molecule has 0 spiro atoms. The van der Waals surface area contributed by atoms with Crippen LogP contribution in [0.25, 0.3) is 0 Å². The molecule has 0 aliphatic heterocycles. The minimum Gasteiger partial charge on any atom is -0.396 e. The van der Waals surface area contributed by atoms with Crippen molar-refractivity contribution in [2.24, 2.45) is 0 Å². The number of rotatable bonds is 6. The van der Waals surface area contributed by atoms with Crippen LogP contribution in [0.2, 0.25) is 5.02 Å². The van der Waals surface area contributed by atoms with Gasteiger partial charge in [0.15, 0.2) is 0 Å². The van der Waals surface area contributed by atoms with Crippen molar-refractivity contribution in [3.63, 3.8) is 0 Å². The van der Waals surface area contributed by atoms with Gasteiger partial charge in [-0.2, -0.15) is 0 Å². The predicted octanol–water partition coefficient (Wildman–Crippen LogP) is 1.70. The highest BCUT2D eigenvalue weighted by molar-refractivity contribution is 7.89. The first-order valence-corrected chi connectivity index (χ1v) is 7.20. The van der Waals surface area contributed by atoms with Gasteiger partial charge >= 0.3 is 0 Å². The molecule has 17 heavy (non-hydrogen) atoms. The third kappa shape index (κ3) is 4.27.